The number of nitrogens with zero attached hydrogens (tertiary/aromatic N) is 1. The molecular weight excluding hydrogens is 388 g/mol. The summed E-state index contributed by atoms with van der Waals surface area (Å²) in [6.07, 6.45) is 8.56. The summed E-state index contributed by atoms with van der Waals surface area (Å²) in [5.74, 6) is 1.75. The van der Waals surface area contributed by atoms with E-state index >= 15 is 0 Å². The predicted octanol–water partition coefficient (Wildman–Crippen LogP) is 3.85. The van der Waals surface area contributed by atoms with Gasteiger partial charge >= 0.3 is 0 Å². The molecule has 3 amide bonds. The largest absolute Gasteiger partial charge is 0.325 e. The van der Waals surface area contributed by atoms with Crippen molar-refractivity contribution >= 4 is 23.4 Å². The van der Waals surface area contributed by atoms with E-state index in [2.05, 4.69) is 17.5 Å². The molecule has 1 aromatic carbocycles. The third kappa shape index (κ3) is 2.78. The van der Waals surface area contributed by atoms with Crippen LogP contribution in [-0.2, 0) is 14.4 Å². The lowest BCUT2D eigenvalue weighted by atomic mass is 9.63. The number of nitrogens with one attached hydrogen (secondary N) is 1. The number of hydrogen-bond donors (Lipinski definition) is 1. The number of carbonyl (C=O) groups is 3. The molecule has 5 aliphatic carbocycles. The first-order valence-electron chi connectivity index (χ1n) is 11.9. The fourth-order valence-electron chi connectivity index (χ4n) is 7.17. The second-order valence-electron chi connectivity index (χ2n) is 10.5. The highest BCUT2D eigenvalue weighted by atomic mass is 16.2. The Morgan fingerprint density at radius 1 is 0.903 bits per heavy atom. The Hall–Kier alpha value is -2.43. The highest BCUT2D eigenvalue weighted by Gasteiger charge is 2.67. The van der Waals surface area contributed by atoms with Crippen LogP contribution in [0.3, 0.4) is 0 Å². The van der Waals surface area contributed by atoms with Crippen LogP contribution in [0.4, 0.5) is 5.69 Å². The summed E-state index contributed by atoms with van der Waals surface area (Å²) in [5.41, 5.74) is 3.04. The van der Waals surface area contributed by atoms with Gasteiger partial charge in [0.2, 0.25) is 17.7 Å². The monoisotopic (exact) mass is 418 g/mol. The molecule has 5 heteroatoms. The van der Waals surface area contributed by atoms with Crippen LogP contribution in [0.25, 0.3) is 0 Å². The van der Waals surface area contributed by atoms with Gasteiger partial charge in [0, 0.05) is 17.6 Å². The number of benzene rings is 1. The first-order valence-corrected chi connectivity index (χ1v) is 11.9. The Morgan fingerprint density at radius 2 is 1.45 bits per heavy atom. The van der Waals surface area contributed by atoms with Gasteiger partial charge in [0.15, 0.2) is 0 Å². The topological polar surface area (TPSA) is 66.5 Å². The lowest BCUT2D eigenvalue weighted by Crippen LogP contribution is -2.44. The molecule has 0 radical (unpaired) electrons. The molecule has 5 nitrogen and oxygen atoms in total. The van der Waals surface area contributed by atoms with E-state index in [1.54, 1.807) is 4.90 Å². The Bertz CT molecular complexity index is 950. The predicted molar refractivity (Wildman–Crippen MR) is 117 cm³/mol. The first-order chi connectivity index (χ1) is 15.0. The maximum absolute atomic E-state index is 13.3. The molecule has 6 atom stereocenters. The van der Waals surface area contributed by atoms with E-state index in [1.165, 1.54) is 6.42 Å². The molecule has 6 aliphatic rings. The van der Waals surface area contributed by atoms with E-state index in [1.807, 2.05) is 32.0 Å². The smallest absolute Gasteiger partial charge is 0.233 e. The van der Waals surface area contributed by atoms with Crippen LogP contribution in [0.1, 0.15) is 43.2 Å². The van der Waals surface area contributed by atoms with Crippen molar-refractivity contribution in [2.75, 3.05) is 5.32 Å². The number of aryl methyl sites for hydroxylation is 2. The lowest BCUT2D eigenvalue weighted by molar-refractivity contribution is -0.144. The number of allylic oxidation sites excluding steroid dienone is 2. The van der Waals surface area contributed by atoms with Crippen LogP contribution in [0.15, 0.2) is 30.4 Å². The fourth-order valence-corrected chi connectivity index (χ4v) is 7.17. The quantitative estimate of drug-likeness (QED) is 0.599. The van der Waals surface area contributed by atoms with Crippen LogP contribution in [0, 0.1) is 55.3 Å². The zero-order chi connectivity index (χ0) is 21.4. The van der Waals surface area contributed by atoms with Crippen molar-refractivity contribution in [2.24, 2.45) is 41.4 Å². The molecule has 2 bridgehead atoms. The summed E-state index contributed by atoms with van der Waals surface area (Å²) in [7, 11) is 0. The third-order valence-corrected chi connectivity index (χ3v) is 8.86. The molecule has 4 fully saturated rings. The van der Waals surface area contributed by atoms with Crippen LogP contribution < -0.4 is 5.32 Å². The van der Waals surface area contributed by atoms with E-state index < -0.39 is 0 Å². The number of anilines is 1. The van der Waals surface area contributed by atoms with Crippen LogP contribution in [0.2, 0.25) is 0 Å². The second-order valence-corrected chi connectivity index (χ2v) is 10.5. The maximum atomic E-state index is 13.3. The number of carbonyl (C=O) groups excluding carboxylic acids is 3. The number of hydrogen-bond acceptors (Lipinski definition) is 3. The average molecular weight is 419 g/mol. The molecule has 0 aromatic heterocycles. The minimum absolute atomic E-state index is 0.0365. The van der Waals surface area contributed by atoms with Crippen LogP contribution in [-0.4, -0.2) is 28.7 Å². The van der Waals surface area contributed by atoms with Crippen molar-refractivity contribution in [2.45, 2.75) is 52.0 Å². The van der Waals surface area contributed by atoms with Gasteiger partial charge in [-0.2, -0.15) is 0 Å². The number of para-hydroxylation sites is 1. The molecule has 3 saturated carbocycles. The summed E-state index contributed by atoms with van der Waals surface area (Å²) >= 11 is 0. The first kappa shape index (κ1) is 19.3. The van der Waals surface area contributed by atoms with Gasteiger partial charge in [-0.1, -0.05) is 30.4 Å². The Balaban J connectivity index is 1.12. The van der Waals surface area contributed by atoms with Crippen molar-refractivity contribution in [3.05, 3.63) is 41.5 Å². The van der Waals surface area contributed by atoms with Gasteiger partial charge in [0.05, 0.1) is 11.8 Å². The standard InChI is InChI=1S/C26H30N2O3/c1-13-4-3-5-14(2)23(13)27-24(29)15-6-8-16(9-7-15)28-25(30)21-17-10-11-18(20-12-19(17)20)22(21)26(28)31/h3-5,10-11,15-22H,6-9,12H2,1-2H3,(H,27,29)/t15?,16?,17-,18-,19-,20+,21-,22+/m0/s1. The normalized spacial score (nSPS) is 40.0. The van der Waals surface area contributed by atoms with Crippen molar-refractivity contribution in [3.8, 4) is 0 Å². The molecule has 31 heavy (non-hydrogen) atoms. The minimum Gasteiger partial charge on any atom is -0.325 e. The lowest BCUT2D eigenvalue weighted by Gasteiger charge is -2.37. The zero-order valence-electron chi connectivity index (χ0n) is 18.2. The average Bonchev–Trinajstić information content (AvgIpc) is 3.54. The van der Waals surface area contributed by atoms with Crippen LogP contribution in [0.5, 0.6) is 0 Å². The molecule has 1 aliphatic heterocycles. The van der Waals surface area contributed by atoms with Crippen molar-refractivity contribution in [1.82, 2.24) is 4.90 Å². The fraction of sp³-hybridized carbons (Fsp3) is 0.577. The number of amides is 3. The Labute approximate surface area is 183 Å². The van der Waals surface area contributed by atoms with E-state index in [9.17, 15) is 14.4 Å². The zero-order valence-corrected chi connectivity index (χ0v) is 18.2. The highest BCUT2D eigenvalue weighted by Crippen LogP contribution is 2.65. The Morgan fingerprint density at radius 3 is 2.00 bits per heavy atom. The van der Waals surface area contributed by atoms with Gasteiger partial charge in [-0.15, -0.1) is 0 Å². The highest BCUT2D eigenvalue weighted by molar-refractivity contribution is 6.06. The molecule has 7 rings (SSSR count). The summed E-state index contributed by atoms with van der Waals surface area (Å²) < 4.78 is 0. The number of likely N-dealkylation sites (tertiary alicyclic amines) is 1. The van der Waals surface area contributed by atoms with E-state index in [4.69, 9.17) is 0 Å². The van der Waals surface area contributed by atoms with Crippen LogP contribution >= 0.6 is 0 Å². The van der Waals surface area contributed by atoms with Crippen molar-refractivity contribution < 1.29 is 14.4 Å². The van der Waals surface area contributed by atoms with Gasteiger partial charge in [-0.3, -0.25) is 19.3 Å². The van der Waals surface area contributed by atoms with Crippen molar-refractivity contribution in [3.63, 3.8) is 0 Å². The molecule has 1 heterocycles. The summed E-state index contributed by atoms with van der Waals surface area (Å²) in [5, 5.41) is 3.13. The SMILES string of the molecule is Cc1cccc(C)c1NC(=O)C1CCC(N2C(=O)[C@@H]3[C@H]4C=C[C@@H]([C@@H]5C[C@H]45)[C@@H]3C2=O)CC1. The molecule has 0 unspecified atom stereocenters. The van der Waals surface area contributed by atoms with E-state index in [0.29, 0.717) is 11.8 Å². The van der Waals surface area contributed by atoms with Gasteiger partial charge in [0.25, 0.3) is 0 Å². The second kappa shape index (κ2) is 6.78. The molecule has 0 spiro atoms. The molecule has 1 saturated heterocycles. The number of rotatable bonds is 3. The summed E-state index contributed by atoms with van der Waals surface area (Å²) in [6.45, 7) is 4.02. The van der Waals surface area contributed by atoms with Gasteiger partial charge in [-0.05, 0) is 80.8 Å². The van der Waals surface area contributed by atoms with Crippen molar-refractivity contribution in [1.29, 1.82) is 0 Å². The van der Waals surface area contributed by atoms with E-state index in [0.717, 1.165) is 42.5 Å². The van der Waals surface area contributed by atoms with Gasteiger partial charge < -0.3 is 5.32 Å². The summed E-state index contributed by atoms with van der Waals surface area (Å²) in [4.78, 5) is 41.2. The van der Waals surface area contributed by atoms with Gasteiger partial charge in [0.1, 0.15) is 0 Å². The minimum atomic E-state index is -0.115. The summed E-state index contributed by atoms with van der Waals surface area (Å²) in [6, 6.07) is 5.98. The number of imide groups is 1. The molecular formula is C26H30N2O3. The molecule has 1 N–H and O–H groups in total. The Kier molecular flexibility index (Phi) is 4.22. The van der Waals surface area contributed by atoms with E-state index in [-0.39, 0.29) is 53.4 Å². The third-order valence-electron chi connectivity index (χ3n) is 8.86. The molecule has 1 aromatic rings. The van der Waals surface area contributed by atoms with Gasteiger partial charge in [-0.25, -0.2) is 0 Å². The maximum Gasteiger partial charge on any atom is 0.233 e. The molecule has 162 valence electrons.